The maximum Gasteiger partial charge on any atom is 0.307 e. The average Bonchev–Trinajstić information content (AvgIpc) is 3.82. The second-order valence-corrected chi connectivity index (χ2v) is 14.1. The molecule has 11 nitrogen and oxygen atoms in total. The number of nitrogens with one attached hydrogen (secondary N) is 1. The van der Waals surface area contributed by atoms with E-state index < -0.39 is 23.8 Å². The maximum absolute atomic E-state index is 16.0. The van der Waals surface area contributed by atoms with Crippen LogP contribution >= 0.6 is 23.2 Å². The van der Waals surface area contributed by atoms with Crippen LogP contribution in [0, 0.1) is 18.7 Å². The summed E-state index contributed by atoms with van der Waals surface area (Å²) >= 11 is 13.6. The zero-order chi connectivity index (χ0) is 36.1. The van der Waals surface area contributed by atoms with E-state index in [2.05, 4.69) is 15.2 Å². The van der Waals surface area contributed by atoms with Crippen molar-refractivity contribution in [2.24, 2.45) is 13.0 Å². The molecule has 2 atom stereocenters. The Labute approximate surface area is 304 Å². The van der Waals surface area contributed by atoms with Crippen LogP contribution in [0.5, 0.6) is 17.2 Å². The standard InChI is InChI=1S/C37H38Cl2FN5O6/c1-19-22(23-6-5-7-25(31(23)39)42-36(46)35-41-26-17-43(2)12-11-27(26)44(35)3)8-9-28-30(19)29(18-50-28)51-34-24(38)14-21(33(49-4)32(34)40)16-45-13-10-20(15-45)37(47)48/h5-9,14,20,29H,10-13,15-18H2,1-4H3,(H,42,46)(H,47,48). The van der Waals surface area contributed by atoms with Crippen LogP contribution in [0.1, 0.15) is 51.2 Å². The van der Waals surface area contributed by atoms with Crippen LogP contribution in [0.2, 0.25) is 10.0 Å². The Balaban J connectivity index is 1.14. The molecule has 14 heteroatoms. The van der Waals surface area contributed by atoms with Gasteiger partial charge >= 0.3 is 5.97 Å². The van der Waals surface area contributed by atoms with E-state index in [0.29, 0.717) is 59.5 Å². The first-order valence-corrected chi connectivity index (χ1v) is 17.5. The molecule has 3 aliphatic rings. The fourth-order valence-electron chi connectivity index (χ4n) is 7.38. The van der Waals surface area contributed by atoms with E-state index in [0.717, 1.165) is 41.0 Å². The predicted molar refractivity (Wildman–Crippen MR) is 191 cm³/mol. The number of rotatable bonds is 9. The lowest BCUT2D eigenvalue weighted by molar-refractivity contribution is -0.141. The molecular weight excluding hydrogens is 700 g/mol. The van der Waals surface area contributed by atoms with Crippen LogP contribution in [-0.2, 0) is 31.4 Å². The molecule has 0 saturated carbocycles. The fraction of sp³-hybridized carbons (Fsp3) is 0.378. The number of amides is 1. The molecule has 2 unspecified atom stereocenters. The number of aliphatic carboxylic acids is 1. The van der Waals surface area contributed by atoms with E-state index in [-0.39, 0.29) is 35.6 Å². The lowest BCUT2D eigenvalue weighted by Crippen LogP contribution is -2.27. The molecule has 1 amide bonds. The van der Waals surface area contributed by atoms with Crippen LogP contribution in [0.4, 0.5) is 10.1 Å². The summed E-state index contributed by atoms with van der Waals surface area (Å²) < 4.78 is 35.6. The van der Waals surface area contributed by atoms with E-state index in [1.165, 1.54) is 7.11 Å². The first kappa shape index (κ1) is 35.1. The topological polar surface area (TPSA) is 118 Å². The van der Waals surface area contributed by atoms with Gasteiger partial charge in [0.25, 0.3) is 5.91 Å². The number of likely N-dealkylation sites (N-methyl/N-ethyl adjacent to an activating group) is 1. The van der Waals surface area contributed by atoms with Crippen molar-refractivity contribution in [2.45, 2.75) is 39.0 Å². The fourth-order valence-corrected chi connectivity index (χ4v) is 7.91. The number of carboxylic acids is 1. The van der Waals surface area contributed by atoms with Crippen LogP contribution in [0.3, 0.4) is 0 Å². The Bertz CT molecular complexity index is 2050. The lowest BCUT2D eigenvalue weighted by atomic mass is 9.93. The third kappa shape index (κ3) is 6.50. The number of fused-ring (bicyclic) bond motifs is 2. The number of imidazole rings is 1. The van der Waals surface area contributed by atoms with Gasteiger partial charge in [0, 0.05) is 62.0 Å². The largest absolute Gasteiger partial charge is 0.493 e. The van der Waals surface area contributed by atoms with Crippen molar-refractivity contribution in [1.82, 2.24) is 19.4 Å². The molecule has 1 aromatic heterocycles. The number of halogens is 3. The number of likely N-dealkylation sites (tertiary alicyclic amines) is 1. The van der Waals surface area contributed by atoms with Crippen molar-refractivity contribution >= 4 is 40.8 Å². The van der Waals surface area contributed by atoms with Gasteiger partial charge in [-0.15, -0.1) is 0 Å². The number of hydrogen-bond donors (Lipinski definition) is 2. The van der Waals surface area contributed by atoms with E-state index in [4.69, 9.17) is 37.4 Å². The number of benzene rings is 3. The first-order valence-electron chi connectivity index (χ1n) is 16.7. The molecule has 4 aromatic rings. The number of methoxy groups -OCH3 is 1. The summed E-state index contributed by atoms with van der Waals surface area (Å²) in [4.78, 5) is 33.6. The van der Waals surface area contributed by atoms with Gasteiger partial charge in [0.15, 0.2) is 23.4 Å². The third-order valence-electron chi connectivity index (χ3n) is 10.1. The minimum Gasteiger partial charge on any atom is -0.493 e. The van der Waals surface area contributed by atoms with Gasteiger partial charge in [-0.3, -0.25) is 14.5 Å². The Kier molecular flexibility index (Phi) is 9.61. The highest BCUT2D eigenvalue weighted by atomic mass is 35.5. The molecule has 51 heavy (non-hydrogen) atoms. The highest BCUT2D eigenvalue weighted by Crippen LogP contribution is 2.46. The molecule has 0 bridgehead atoms. The van der Waals surface area contributed by atoms with Gasteiger partial charge in [0.2, 0.25) is 5.82 Å². The van der Waals surface area contributed by atoms with Gasteiger partial charge in [-0.25, -0.2) is 4.98 Å². The summed E-state index contributed by atoms with van der Waals surface area (Å²) in [6.07, 6.45) is 0.636. The maximum atomic E-state index is 16.0. The third-order valence-corrected chi connectivity index (χ3v) is 10.7. The second kappa shape index (κ2) is 14.0. The number of ether oxygens (including phenoxy) is 3. The molecule has 3 aliphatic heterocycles. The number of anilines is 1. The molecular formula is C37H38Cl2FN5O6. The number of hydrogen-bond acceptors (Lipinski definition) is 8. The molecule has 1 saturated heterocycles. The van der Waals surface area contributed by atoms with Crippen LogP contribution in [0.15, 0.2) is 36.4 Å². The van der Waals surface area contributed by atoms with Crippen molar-refractivity contribution in [3.8, 4) is 28.4 Å². The molecule has 268 valence electrons. The molecule has 4 heterocycles. The summed E-state index contributed by atoms with van der Waals surface area (Å²) in [5.74, 6) is -1.68. The summed E-state index contributed by atoms with van der Waals surface area (Å²) in [5, 5.41) is 12.7. The van der Waals surface area contributed by atoms with Crippen molar-refractivity contribution in [3.05, 3.63) is 86.2 Å². The van der Waals surface area contributed by atoms with Gasteiger partial charge in [0.1, 0.15) is 12.4 Å². The van der Waals surface area contributed by atoms with Gasteiger partial charge in [-0.1, -0.05) is 41.4 Å². The quantitative estimate of drug-likeness (QED) is 0.198. The SMILES string of the molecule is COc1c(CN2CCC(C(=O)O)C2)cc(Cl)c(OC2COc3ccc(-c4cccc(NC(=O)c5nc6c(n5C)CCN(C)C6)c4Cl)c(C)c32)c1F. The van der Waals surface area contributed by atoms with Gasteiger partial charge in [-0.05, 0) is 56.3 Å². The minimum absolute atomic E-state index is 0.0125. The summed E-state index contributed by atoms with van der Waals surface area (Å²) in [6.45, 7) is 4.83. The van der Waals surface area contributed by atoms with E-state index in [9.17, 15) is 14.7 Å². The second-order valence-electron chi connectivity index (χ2n) is 13.3. The Morgan fingerprint density at radius 1 is 1.14 bits per heavy atom. The van der Waals surface area contributed by atoms with Crippen LogP contribution in [0.25, 0.3) is 11.1 Å². The summed E-state index contributed by atoms with van der Waals surface area (Å²) in [6, 6.07) is 10.7. The van der Waals surface area contributed by atoms with Gasteiger partial charge < -0.3 is 34.1 Å². The molecule has 0 radical (unpaired) electrons. The number of nitrogens with zero attached hydrogens (tertiary/aromatic N) is 4. The van der Waals surface area contributed by atoms with Crippen molar-refractivity contribution < 1.29 is 33.3 Å². The van der Waals surface area contributed by atoms with E-state index >= 15 is 4.39 Å². The number of carbonyl (C=O) groups excluding carboxylic acids is 1. The Hall–Kier alpha value is -4.36. The van der Waals surface area contributed by atoms with E-state index in [1.54, 1.807) is 12.1 Å². The molecule has 0 spiro atoms. The number of aromatic nitrogens is 2. The highest BCUT2D eigenvalue weighted by Gasteiger charge is 2.34. The lowest BCUT2D eigenvalue weighted by Gasteiger charge is -2.22. The minimum atomic E-state index is -0.844. The Morgan fingerprint density at radius 2 is 1.94 bits per heavy atom. The normalized spacial score (nSPS) is 18.6. The van der Waals surface area contributed by atoms with Crippen molar-refractivity contribution in [3.63, 3.8) is 0 Å². The summed E-state index contributed by atoms with van der Waals surface area (Å²) in [5.41, 5.74) is 5.89. The van der Waals surface area contributed by atoms with Crippen molar-refractivity contribution in [1.29, 1.82) is 0 Å². The summed E-state index contributed by atoms with van der Waals surface area (Å²) in [7, 11) is 5.26. The van der Waals surface area contributed by atoms with Crippen molar-refractivity contribution in [2.75, 3.05) is 45.7 Å². The smallest absolute Gasteiger partial charge is 0.307 e. The number of carboxylic acid groups (broad SMARTS) is 1. The molecule has 7 rings (SSSR count). The average molecular weight is 739 g/mol. The van der Waals surface area contributed by atoms with Crippen LogP contribution < -0.4 is 19.5 Å². The monoisotopic (exact) mass is 737 g/mol. The molecule has 2 N–H and O–H groups in total. The van der Waals surface area contributed by atoms with Gasteiger partial charge in [-0.2, -0.15) is 4.39 Å². The molecule has 0 aliphatic carbocycles. The van der Waals surface area contributed by atoms with Gasteiger partial charge in [0.05, 0.1) is 34.5 Å². The first-order chi connectivity index (χ1) is 24.4. The number of carbonyl (C=O) groups is 2. The zero-order valence-corrected chi connectivity index (χ0v) is 30.2. The van der Waals surface area contributed by atoms with Crippen LogP contribution in [-0.4, -0.2) is 76.7 Å². The predicted octanol–water partition coefficient (Wildman–Crippen LogP) is 6.51. The Morgan fingerprint density at radius 3 is 2.69 bits per heavy atom. The van der Waals surface area contributed by atoms with E-state index in [1.807, 2.05) is 54.8 Å². The zero-order valence-electron chi connectivity index (χ0n) is 28.7. The highest BCUT2D eigenvalue weighted by molar-refractivity contribution is 6.36. The molecule has 1 fully saturated rings. The molecule has 3 aromatic carbocycles.